The van der Waals surface area contributed by atoms with Crippen LogP contribution in [0.3, 0.4) is 0 Å². The summed E-state index contributed by atoms with van der Waals surface area (Å²) in [6.45, 7) is 3.40. The van der Waals surface area contributed by atoms with Crippen LogP contribution in [0.15, 0.2) is 22.8 Å². The Morgan fingerprint density at radius 3 is 2.22 bits per heavy atom. The van der Waals surface area contributed by atoms with Gasteiger partial charge in [0.25, 0.3) is 5.91 Å². The van der Waals surface area contributed by atoms with Crippen LogP contribution in [0.2, 0.25) is 0 Å². The summed E-state index contributed by atoms with van der Waals surface area (Å²) in [5.41, 5.74) is 0. The van der Waals surface area contributed by atoms with Crippen LogP contribution < -0.4 is 0 Å². The van der Waals surface area contributed by atoms with Gasteiger partial charge in [-0.15, -0.1) is 0 Å². The van der Waals surface area contributed by atoms with E-state index in [2.05, 4.69) is 4.90 Å². The second-order valence-electron chi connectivity index (χ2n) is 6.54. The van der Waals surface area contributed by atoms with Crippen molar-refractivity contribution in [2.24, 2.45) is 0 Å². The van der Waals surface area contributed by atoms with Crippen LogP contribution in [-0.2, 0) is 14.3 Å². The van der Waals surface area contributed by atoms with Gasteiger partial charge in [0.05, 0.1) is 12.4 Å². The number of carbonyl (C=O) groups excluding carboxylic acids is 1. The number of amides is 1. The third-order valence-electron chi connectivity index (χ3n) is 4.96. The van der Waals surface area contributed by atoms with Crippen molar-refractivity contribution in [3.05, 3.63) is 24.2 Å². The minimum atomic E-state index is -1.82. The van der Waals surface area contributed by atoms with E-state index in [4.69, 9.17) is 29.0 Å². The van der Waals surface area contributed by atoms with Crippen molar-refractivity contribution >= 4 is 17.8 Å². The van der Waals surface area contributed by atoms with Gasteiger partial charge in [0.15, 0.2) is 5.76 Å². The SMILES string of the molecule is COC1CCCCC1N1CCN(C(=O)c2ccco2)CC1.O=C(O)C(=O)O. The van der Waals surface area contributed by atoms with Crippen LogP contribution in [0.5, 0.6) is 0 Å². The van der Waals surface area contributed by atoms with Gasteiger partial charge in [-0.1, -0.05) is 12.8 Å². The van der Waals surface area contributed by atoms with Crippen LogP contribution in [0.1, 0.15) is 36.2 Å². The lowest BCUT2D eigenvalue weighted by atomic mass is 9.91. The molecule has 27 heavy (non-hydrogen) atoms. The zero-order valence-corrected chi connectivity index (χ0v) is 15.4. The van der Waals surface area contributed by atoms with Gasteiger partial charge in [0, 0.05) is 39.3 Å². The number of carboxylic acids is 2. The van der Waals surface area contributed by atoms with E-state index in [1.54, 1.807) is 18.4 Å². The van der Waals surface area contributed by atoms with Crippen molar-refractivity contribution in [1.29, 1.82) is 0 Å². The standard InChI is InChI=1S/C16H24N2O3.C2H2O4/c1-20-14-6-3-2-5-13(14)17-8-10-18(11-9-17)16(19)15-7-4-12-21-15;3-1(4)2(5)6/h4,7,12-14H,2-3,5-6,8-11H2,1H3;(H,3,4)(H,5,6). The molecule has 2 N–H and O–H groups in total. The fourth-order valence-electron chi connectivity index (χ4n) is 3.58. The van der Waals surface area contributed by atoms with Crippen molar-refractivity contribution in [2.45, 2.75) is 37.8 Å². The van der Waals surface area contributed by atoms with Crippen LogP contribution >= 0.6 is 0 Å². The topological polar surface area (TPSA) is 121 Å². The van der Waals surface area contributed by atoms with E-state index >= 15 is 0 Å². The quantitative estimate of drug-likeness (QED) is 0.747. The van der Waals surface area contributed by atoms with Crippen LogP contribution in [0.25, 0.3) is 0 Å². The van der Waals surface area contributed by atoms with Crippen molar-refractivity contribution in [2.75, 3.05) is 33.3 Å². The first-order valence-electron chi connectivity index (χ1n) is 9.00. The molecule has 1 amide bonds. The number of hydrogen-bond donors (Lipinski definition) is 2. The highest BCUT2D eigenvalue weighted by molar-refractivity contribution is 6.27. The van der Waals surface area contributed by atoms with Gasteiger partial charge in [-0.3, -0.25) is 9.69 Å². The van der Waals surface area contributed by atoms with E-state index in [1.165, 1.54) is 19.3 Å². The number of hydrogen-bond acceptors (Lipinski definition) is 6. The fourth-order valence-corrected chi connectivity index (χ4v) is 3.58. The van der Waals surface area contributed by atoms with Gasteiger partial charge in [0.1, 0.15) is 0 Å². The zero-order valence-electron chi connectivity index (χ0n) is 15.4. The van der Waals surface area contributed by atoms with E-state index < -0.39 is 11.9 Å². The molecule has 150 valence electrons. The van der Waals surface area contributed by atoms with Crippen molar-refractivity contribution in [3.63, 3.8) is 0 Å². The lowest BCUT2D eigenvalue weighted by Crippen LogP contribution is -2.55. The maximum atomic E-state index is 12.3. The number of carboxylic acid groups (broad SMARTS) is 2. The fraction of sp³-hybridized carbons (Fsp3) is 0.611. The summed E-state index contributed by atoms with van der Waals surface area (Å²) in [4.78, 5) is 34.8. The molecule has 9 heteroatoms. The average molecular weight is 382 g/mol. The van der Waals surface area contributed by atoms with E-state index in [9.17, 15) is 4.79 Å². The Kier molecular flexibility index (Phi) is 7.81. The highest BCUT2D eigenvalue weighted by atomic mass is 16.5. The van der Waals surface area contributed by atoms with Crippen molar-refractivity contribution in [3.8, 4) is 0 Å². The Morgan fingerprint density at radius 2 is 1.70 bits per heavy atom. The predicted molar refractivity (Wildman–Crippen MR) is 94.5 cm³/mol. The highest BCUT2D eigenvalue weighted by Gasteiger charge is 2.33. The van der Waals surface area contributed by atoms with Gasteiger partial charge >= 0.3 is 11.9 Å². The van der Waals surface area contributed by atoms with Gasteiger partial charge in [0.2, 0.25) is 0 Å². The van der Waals surface area contributed by atoms with Crippen LogP contribution in [0, 0.1) is 0 Å². The molecule has 1 saturated carbocycles. The van der Waals surface area contributed by atoms with Crippen LogP contribution in [-0.4, -0.2) is 83.3 Å². The molecule has 0 bridgehead atoms. The van der Waals surface area contributed by atoms with Gasteiger partial charge in [-0.2, -0.15) is 0 Å². The summed E-state index contributed by atoms with van der Waals surface area (Å²) >= 11 is 0. The summed E-state index contributed by atoms with van der Waals surface area (Å²) in [6, 6.07) is 4.01. The molecule has 0 radical (unpaired) electrons. The second-order valence-corrected chi connectivity index (χ2v) is 6.54. The highest BCUT2D eigenvalue weighted by Crippen LogP contribution is 2.26. The summed E-state index contributed by atoms with van der Waals surface area (Å²) < 4.78 is 10.9. The molecular weight excluding hydrogens is 356 g/mol. The molecule has 1 aromatic rings. The Hall–Kier alpha value is -2.39. The Labute approximate surface area is 157 Å². The summed E-state index contributed by atoms with van der Waals surface area (Å²) in [6.07, 6.45) is 6.83. The van der Waals surface area contributed by atoms with Gasteiger partial charge in [-0.05, 0) is 25.0 Å². The number of nitrogens with zero attached hydrogens (tertiary/aromatic N) is 2. The number of carbonyl (C=O) groups is 3. The van der Waals surface area contributed by atoms with Crippen molar-refractivity contribution < 1.29 is 33.8 Å². The molecule has 9 nitrogen and oxygen atoms in total. The first kappa shape index (κ1) is 20.9. The van der Waals surface area contributed by atoms with Crippen molar-refractivity contribution in [1.82, 2.24) is 9.80 Å². The molecule has 1 aromatic heterocycles. The largest absolute Gasteiger partial charge is 0.473 e. The minimum Gasteiger partial charge on any atom is -0.473 e. The summed E-state index contributed by atoms with van der Waals surface area (Å²) in [5, 5.41) is 14.8. The van der Waals surface area contributed by atoms with Crippen LogP contribution in [0.4, 0.5) is 0 Å². The van der Waals surface area contributed by atoms with Gasteiger partial charge < -0.3 is 24.3 Å². The molecule has 2 unspecified atom stereocenters. The normalized spacial score (nSPS) is 23.2. The Morgan fingerprint density at radius 1 is 1.07 bits per heavy atom. The molecule has 1 aliphatic carbocycles. The Bertz CT molecular complexity index is 612. The number of aliphatic carboxylic acids is 2. The summed E-state index contributed by atoms with van der Waals surface area (Å²) in [7, 11) is 1.82. The number of piperazine rings is 1. The molecule has 3 rings (SSSR count). The molecule has 2 atom stereocenters. The first-order valence-corrected chi connectivity index (χ1v) is 9.00. The van der Waals surface area contributed by atoms with Gasteiger partial charge in [-0.25, -0.2) is 9.59 Å². The molecular formula is C18H26N2O7. The van der Waals surface area contributed by atoms with E-state index in [0.717, 1.165) is 32.6 Å². The number of rotatable bonds is 3. The first-order chi connectivity index (χ1) is 12.9. The molecule has 2 heterocycles. The van der Waals surface area contributed by atoms with E-state index in [-0.39, 0.29) is 5.91 Å². The molecule has 0 aromatic carbocycles. The average Bonchev–Trinajstić information content (AvgIpc) is 3.22. The lowest BCUT2D eigenvalue weighted by Gasteiger charge is -2.43. The number of furan rings is 1. The smallest absolute Gasteiger partial charge is 0.414 e. The molecule has 2 aliphatic rings. The third kappa shape index (κ3) is 5.80. The molecule has 1 aliphatic heterocycles. The summed E-state index contributed by atoms with van der Waals surface area (Å²) in [5.74, 6) is -3.20. The number of methoxy groups -OCH3 is 1. The molecule has 2 fully saturated rings. The van der Waals surface area contributed by atoms with E-state index in [1.807, 2.05) is 12.0 Å². The number of ether oxygens (including phenoxy) is 1. The zero-order chi connectivity index (χ0) is 19.8. The predicted octanol–water partition coefficient (Wildman–Crippen LogP) is 1.15. The third-order valence-corrected chi connectivity index (χ3v) is 4.96. The Balaban J connectivity index is 0.000000380. The minimum absolute atomic E-state index is 0.00610. The molecule has 0 spiro atoms. The maximum Gasteiger partial charge on any atom is 0.414 e. The van der Waals surface area contributed by atoms with E-state index in [0.29, 0.717) is 17.9 Å². The second kappa shape index (κ2) is 10.1. The molecule has 1 saturated heterocycles. The maximum absolute atomic E-state index is 12.3. The monoisotopic (exact) mass is 382 g/mol. The lowest BCUT2D eigenvalue weighted by molar-refractivity contribution is -0.159.